The fourth-order valence-electron chi connectivity index (χ4n) is 2.85. The summed E-state index contributed by atoms with van der Waals surface area (Å²) < 4.78 is 33.0. The minimum atomic E-state index is -3.74. The smallest absolute Gasteiger partial charge is 0.324 e. The van der Waals surface area contributed by atoms with Gasteiger partial charge < -0.3 is 4.74 Å². The SMILES string of the molecule is O=C(OCc1ccccc1)C1CCCN1S(=O)(=O)c1cccc(Br)c1. The zero-order valence-electron chi connectivity index (χ0n) is 13.5. The molecule has 1 aliphatic heterocycles. The lowest BCUT2D eigenvalue weighted by Gasteiger charge is -2.23. The molecule has 25 heavy (non-hydrogen) atoms. The summed E-state index contributed by atoms with van der Waals surface area (Å²) in [6, 6.07) is 15.1. The van der Waals surface area contributed by atoms with E-state index in [1.165, 1.54) is 10.4 Å². The van der Waals surface area contributed by atoms with Crippen LogP contribution >= 0.6 is 15.9 Å². The number of benzene rings is 2. The molecule has 0 spiro atoms. The third-order valence-corrected chi connectivity index (χ3v) is 6.50. The molecule has 3 rings (SSSR count). The van der Waals surface area contributed by atoms with Crippen LogP contribution in [0.3, 0.4) is 0 Å². The first kappa shape index (κ1) is 18.1. The second-order valence-electron chi connectivity index (χ2n) is 5.82. The normalized spacial score (nSPS) is 18.2. The van der Waals surface area contributed by atoms with Crippen LogP contribution in [-0.4, -0.2) is 31.3 Å². The van der Waals surface area contributed by atoms with Crippen molar-refractivity contribution in [2.45, 2.75) is 30.4 Å². The Morgan fingerprint density at radius 1 is 1.16 bits per heavy atom. The van der Waals surface area contributed by atoms with Gasteiger partial charge in [0.15, 0.2) is 0 Å². The van der Waals surface area contributed by atoms with Gasteiger partial charge in [-0.1, -0.05) is 52.3 Å². The number of hydrogen-bond acceptors (Lipinski definition) is 4. The molecule has 1 unspecified atom stereocenters. The Labute approximate surface area is 155 Å². The zero-order chi connectivity index (χ0) is 17.9. The first-order valence-corrected chi connectivity index (χ1v) is 10.2. The lowest BCUT2D eigenvalue weighted by atomic mass is 10.2. The quantitative estimate of drug-likeness (QED) is 0.691. The molecule has 0 aliphatic carbocycles. The molecule has 2 aromatic carbocycles. The van der Waals surface area contributed by atoms with Gasteiger partial charge in [-0.3, -0.25) is 4.79 Å². The highest BCUT2D eigenvalue weighted by atomic mass is 79.9. The van der Waals surface area contributed by atoms with Gasteiger partial charge in [-0.2, -0.15) is 4.31 Å². The molecule has 132 valence electrons. The van der Waals surface area contributed by atoms with Gasteiger partial charge in [0.25, 0.3) is 0 Å². The van der Waals surface area contributed by atoms with Crippen molar-refractivity contribution in [1.29, 1.82) is 0 Å². The lowest BCUT2D eigenvalue weighted by Crippen LogP contribution is -2.41. The van der Waals surface area contributed by atoms with Crippen LogP contribution in [-0.2, 0) is 26.2 Å². The van der Waals surface area contributed by atoms with Crippen molar-refractivity contribution in [1.82, 2.24) is 4.31 Å². The number of nitrogens with zero attached hydrogens (tertiary/aromatic N) is 1. The highest BCUT2D eigenvalue weighted by Gasteiger charge is 2.40. The molecule has 1 fully saturated rings. The first-order valence-electron chi connectivity index (χ1n) is 7.96. The maximum Gasteiger partial charge on any atom is 0.324 e. The third-order valence-electron chi connectivity index (χ3n) is 4.10. The Morgan fingerprint density at radius 3 is 2.64 bits per heavy atom. The highest BCUT2D eigenvalue weighted by molar-refractivity contribution is 9.10. The largest absolute Gasteiger partial charge is 0.460 e. The van der Waals surface area contributed by atoms with E-state index in [0.717, 1.165) is 5.56 Å². The summed E-state index contributed by atoms with van der Waals surface area (Å²) in [6.45, 7) is 0.459. The van der Waals surface area contributed by atoms with Gasteiger partial charge in [-0.25, -0.2) is 8.42 Å². The van der Waals surface area contributed by atoms with Crippen molar-refractivity contribution in [2.24, 2.45) is 0 Å². The molecule has 1 atom stereocenters. The van der Waals surface area contributed by atoms with E-state index in [1.807, 2.05) is 30.3 Å². The van der Waals surface area contributed by atoms with Crippen LogP contribution in [0.4, 0.5) is 0 Å². The van der Waals surface area contributed by atoms with E-state index in [-0.39, 0.29) is 11.5 Å². The second-order valence-corrected chi connectivity index (χ2v) is 8.63. The van der Waals surface area contributed by atoms with Crippen molar-refractivity contribution in [3.63, 3.8) is 0 Å². The fraction of sp³-hybridized carbons (Fsp3) is 0.278. The van der Waals surface area contributed by atoms with Crippen molar-refractivity contribution in [3.8, 4) is 0 Å². The number of ether oxygens (including phenoxy) is 1. The maximum absolute atomic E-state index is 12.9. The van der Waals surface area contributed by atoms with Gasteiger partial charge in [-0.05, 0) is 36.6 Å². The molecule has 1 saturated heterocycles. The number of hydrogen-bond donors (Lipinski definition) is 0. The van der Waals surface area contributed by atoms with Crippen LogP contribution in [0, 0.1) is 0 Å². The van der Waals surface area contributed by atoms with Gasteiger partial charge in [0.1, 0.15) is 12.6 Å². The molecule has 0 amide bonds. The van der Waals surface area contributed by atoms with Gasteiger partial charge in [0, 0.05) is 11.0 Å². The summed E-state index contributed by atoms with van der Waals surface area (Å²) in [5.41, 5.74) is 0.871. The van der Waals surface area contributed by atoms with Crippen molar-refractivity contribution < 1.29 is 17.9 Å². The van der Waals surface area contributed by atoms with Crippen LogP contribution in [0.15, 0.2) is 64.0 Å². The van der Waals surface area contributed by atoms with E-state index in [9.17, 15) is 13.2 Å². The van der Waals surface area contributed by atoms with E-state index in [0.29, 0.717) is 23.9 Å². The molecule has 0 bridgehead atoms. The minimum absolute atomic E-state index is 0.140. The van der Waals surface area contributed by atoms with Crippen LogP contribution in [0.2, 0.25) is 0 Å². The van der Waals surface area contributed by atoms with E-state index in [1.54, 1.807) is 18.2 Å². The van der Waals surface area contributed by atoms with E-state index in [2.05, 4.69) is 15.9 Å². The molecule has 7 heteroatoms. The van der Waals surface area contributed by atoms with E-state index in [4.69, 9.17) is 4.74 Å². The first-order chi connectivity index (χ1) is 12.0. The Balaban J connectivity index is 1.74. The Hall–Kier alpha value is -1.70. The molecule has 1 aliphatic rings. The highest BCUT2D eigenvalue weighted by Crippen LogP contribution is 2.28. The van der Waals surface area contributed by atoms with Crippen LogP contribution in [0.5, 0.6) is 0 Å². The maximum atomic E-state index is 12.9. The fourth-order valence-corrected chi connectivity index (χ4v) is 5.10. The molecule has 0 N–H and O–H groups in total. The van der Waals surface area contributed by atoms with Crippen LogP contribution in [0.1, 0.15) is 18.4 Å². The van der Waals surface area contributed by atoms with Crippen molar-refractivity contribution >= 4 is 31.9 Å². The molecule has 5 nitrogen and oxygen atoms in total. The number of rotatable bonds is 5. The van der Waals surface area contributed by atoms with Gasteiger partial charge in [0.05, 0.1) is 4.90 Å². The topological polar surface area (TPSA) is 63.7 Å². The van der Waals surface area contributed by atoms with Crippen LogP contribution in [0.25, 0.3) is 0 Å². The summed E-state index contributed by atoms with van der Waals surface area (Å²) in [5.74, 6) is -0.500. The number of carbonyl (C=O) groups is 1. The Morgan fingerprint density at radius 2 is 1.92 bits per heavy atom. The average Bonchev–Trinajstić information content (AvgIpc) is 3.11. The number of carbonyl (C=O) groups excluding carboxylic acids is 1. The monoisotopic (exact) mass is 423 g/mol. The minimum Gasteiger partial charge on any atom is -0.460 e. The lowest BCUT2D eigenvalue weighted by molar-refractivity contribution is -0.148. The van der Waals surface area contributed by atoms with Gasteiger partial charge in [0.2, 0.25) is 10.0 Å². The Kier molecular flexibility index (Phi) is 5.56. The second kappa shape index (κ2) is 7.68. The Bertz CT molecular complexity index is 854. The zero-order valence-corrected chi connectivity index (χ0v) is 15.9. The van der Waals surface area contributed by atoms with E-state index < -0.39 is 22.0 Å². The molecule has 0 radical (unpaired) electrons. The predicted molar refractivity (Wildman–Crippen MR) is 97.3 cm³/mol. The van der Waals surface area contributed by atoms with Gasteiger partial charge >= 0.3 is 5.97 Å². The van der Waals surface area contributed by atoms with Crippen molar-refractivity contribution in [2.75, 3.05) is 6.54 Å². The molecule has 2 aromatic rings. The average molecular weight is 424 g/mol. The molecule has 1 heterocycles. The number of sulfonamides is 1. The van der Waals surface area contributed by atoms with Gasteiger partial charge in [-0.15, -0.1) is 0 Å². The van der Waals surface area contributed by atoms with Crippen molar-refractivity contribution in [3.05, 3.63) is 64.6 Å². The molecule has 0 aromatic heterocycles. The number of esters is 1. The summed E-state index contributed by atoms with van der Waals surface area (Å²) in [7, 11) is -3.74. The molecule has 0 saturated carbocycles. The summed E-state index contributed by atoms with van der Waals surface area (Å²) in [4.78, 5) is 12.6. The summed E-state index contributed by atoms with van der Waals surface area (Å²) >= 11 is 3.28. The molecular weight excluding hydrogens is 406 g/mol. The summed E-state index contributed by atoms with van der Waals surface area (Å²) in [6.07, 6.45) is 1.11. The molecular formula is C18H18BrNO4S. The third kappa shape index (κ3) is 4.11. The number of halogens is 1. The summed E-state index contributed by atoms with van der Waals surface area (Å²) in [5, 5.41) is 0. The standard InChI is InChI=1S/C18H18BrNO4S/c19-15-8-4-9-16(12-15)25(22,23)20-11-5-10-17(20)18(21)24-13-14-6-2-1-3-7-14/h1-4,6-9,12,17H,5,10-11,13H2. The van der Waals surface area contributed by atoms with Crippen LogP contribution < -0.4 is 0 Å². The predicted octanol–water partition coefficient (Wildman–Crippen LogP) is 3.35. The van der Waals surface area contributed by atoms with E-state index >= 15 is 0 Å².